The van der Waals surface area contributed by atoms with Crippen molar-refractivity contribution in [3.8, 4) is 0 Å². The van der Waals surface area contributed by atoms with Crippen LogP contribution in [-0.4, -0.2) is 11.5 Å². The van der Waals surface area contributed by atoms with Crippen molar-refractivity contribution in [2.75, 3.05) is 11.4 Å². The van der Waals surface area contributed by atoms with Crippen molar-refractivity contribution >= 4 is 28.9 Å². The van der Waals surface area contributed by atoms with Crippen molar-refractivity contribution in [1.82, 2.24) is 4.98 Å². The number of fused-ring (bicyclic) bond motifs is 1. The van der Waals surface area contributed by atoms with E-state index in [1.165, 1.54) is 12.1 Å². The highest BCUT2D eigenvalue weighted by Crippen LogP contribution is 2.37. The lowest BCUT2D eigenvalue weighted by Crippen LogP contribution is -2.30. The average molecular weight is 347 g/mol. The summed E-state index contributed by atoms with van der Waals surface area (Å²) in [5, 5.41) is 0.162. The molecule has 2 heterocycles. The van der Waals surface area contributed by atoms with Gasteiger partial charge in [0.25, 0.3) is 0 Å². The fourth-order valence-electron chi connectivity index (χ4n) is 2.56. The molecule has 0 spiro atoms. The Morgan fingerprint density at radius 3 is 2.55 bits per heavy atom. The summed E-state index contributed by atoms with van der Waals surface area (Å²) in [6, 6.07) is 5.66. The molecule has 1 aromatic carbocycles. The quantitative estimate of drug-likeness (QED) is 0.677. The van der Waals surface area contributed by atoms with Crippen LogP contribution in [0.5, 0.6) is 0 Å². The molecule has 0 saturated heterocycles. The maximum atomic E-state index is 12.7. The second-order valence-electron chi connectivity index (χ2n) is 5.11. The van der Waals surface area contributed by atoms with Crippen LogP contribution in [0.4, 0.5) is 18.9 Å². The van der Waals surface area contributed by atoms with Crippen LogP contribution in [0.3, 0.4) is 0 Å². The molecule has 0 atom stereocenters. The number of halogens is 5. The average Bonchev–Trinajstić information content (AvgIpc) is 2.45. The Hall–Kier alpha value is -1.46. The summed E-state index contributed by atoms with van der Waals surface area (Å²) < 4.78 is 38.2. The van der Waals surface area contributed by atoms with E-state index in [4.69, 9.17) is 23.2 Å². The van der Waals surface area contributed by atoms with E-state index >= 15 is 0 Å². The van der Waals surface area contributed by atoms with Crippen molar-refractivity contribution in [1.29, 1.82) is 0 Å². The standard InChI is InChI=1S/C15H11Cl2F3N2/c16-13-6-11(1-2-12(13)15(18,19)20)22-4-3-9-5-14(17)21-7-10(9)8-22/h1-2,5-7H,3-4,8H2. The molecular formula is C15H11Cl2F3N2. The molecular weight excluding hydrogens is 336 g/mol. The van der Waals surface area contributed by atoms with Crippen LogP contribution >= 0.6 is 23.2 Å². The summed E-state index contributed by atoms with van der Waals surface area (Å²) in [6.45, 7) is 1.26. The van der Waals surface area contributed by atoms with Crippen LogP contribution in [-0.2, 0) is 19.1 Å². The molecule has 0 aliphatic carbocycles. The molecule has 0 fully saturated rings. The van der Waals surface area contributed by atoms with Crippen molar-refractivity contribution in [2.45, 2.75) is 19.1 Å². The van der Waals surface area contributed by atoms with Gasteiger partial charge < -0.3 is 4.90 Å². The number of hydrogen-bond acceptors (Lipinski definition) is 2. The largest absolute Gasteiger partial charge is 0.417 e. The van der Waals surface area contributed by atoms with Gasteiger partial charge in [0.15, 0.2) is 0 Å². The monoisotopic (exact) mass is 346 g/mol. The topological polar surface area (TPSA) is 16.1 Å². The number of benzene rings is 1. The maximum Gasteiger partial charge on any atom is 0.417 e. The first-order valence-corrected chi connectivity index (χ1v) is 7.35. The van der Waals surface area contributed by atoms with Gasteiger partial charge >= 0.3 is 6.18 Å². The number of hydrogen-bond donors (Lipinski definition) is 0. The van der Waals surface area contributed by atoms with Gasteiger partial charge in [-0.15, -0.1) is 0 Å². The van der Waals surface area contributed by atoms with E-state index in [-0.39, 0.29) is 5.02 Å². The molecule has 2 nitrogen and oxygen atoms in total. The first kappa shape index (κ1) is 15.4. The summed E-state index contributed by atoms with van der Waals surface area (Å²) >= 11 is 11.6. The lowest BCUT2D eigenvalue weighted by atomic mass is 10.0. The predicted molar refractivity (Wildman–Crippen MR) is 80.5 cm³/mol. The number of rotatable bonds is 1. The summed E-state index contributed by atoms with van der Waals surface area (Å²) in [5.74, 6) is 0. The van der Waals surface area contributed by atoms with E-state index in [9.17, 15) is 13.2 Å². The van der Waals surface area contributed by atoms with E-state index < -0.39 is 11.7 Å². The van der Waals surface area contributed by atoms with E-state index in [1.54, 1.807) is 6.20 Å². The summed E-state index contributed by atoms with van der Waals surface area (Å²) in [4.78, 5) is 6.02. The van der Waals surface area contributed by atoms with Gasteiger partial charge in [0.1, 0.15) is 5.15 Å². The van der Waals surface area contributed by atoms with Crippen LogP contribution in [0.1, 0.15) is 16.7 Å². The van der Waals surface area contributed by atoms with Crippen LogP contribution in [0.15, 0.2) is 30.5 Å². The third kappa shape index (κ3) is 3.01. The minimum atomic E-state index is -4.44. The molecule has 2 aromatic rings. The van der Waals surface area contributed by atoms with E-state index in [2.05, 4.69) is 4.98 Å². The van der Waals surface area contributed by atoms with Crippen molar-refractivity contribution in [3.63, 3.8) is 0 Å². The Morgan fingerprint density at radius 2 is 1.86 bits per heavy atom. The van der Waals surface area contributed by atoms with Gasteiger partial charge in [-0.25, -0.2) is 4.98 Å². The second-order valence-corrected chi connectivity index (χ2v) is 5.90. The summed E-state index contributed by atoms with van der Waals surface area (Å²) in [7, 11) is 0. The molecule has 0 N–H and O–H groups in total. The van der Waals surface area contributed by atoms with E-state index in [0.717, 1.165) is 23.6 Å². The molecule has 7 heteroatoms. The molecule has 116 valence electrons. The first-order valence-electron chi connectivity index (χ1n) is 6.59. The van der Waals surface area contributed by atoms with Crippen LogP contribution in [0, 0.1) is 0 Å². The van der Waals surface area contributed by atoms with Crippen molar-refractivity contribution in [2.24, 2.45) is 0 Å². The zero-order chi connectivity index (χ0) is 15.9. The molecule has 0 amide bonds. The zero-order valence-corrected chi connectivity index (χ0v) is 12.8. The molecule has 22 heavy (non-hydrogen) atoms. The van der Waals surface area contributed by atoms with Gasteiger partial charge in [-0.3, -0.25) is 0 Å². The second kappa shape index (κ2) is 5.63. The number of alkyl halides is 3. The Bertz CT molecular complexity index is 716. The smallest absolute Gasteiger partial charge is 0.367 e. The fraction of sp³-hybridized carbons (Fsp3) is 0.267. The van der Waals surface area contributed by atoms with Crippen molar-refractivity contribution in [3.05, 3.63) is 57.3 Å². The minimum absolute atomic E-state index is 0.287. The lowest BCUT2D eigenvalue weighted by Gasteiger charge is -2.31. The minimum Gasteiger partial charge on any atom is -0.367 e. The Labute approximate surface area is 135 Å². The fourth-order valence-corrected chi connectivity index (χ4v) is 3.02. The highest BCUT2D eigenvalue weighted by molar-refractivity contribution is 6.31. The normalized spacial score (nSPS) is 14.9. The number of pyridine rings is 1. The van der Waals surface area contributed by atoms with Crippen molar-refractivity contribution < 1.29 is 13.2 Å². The zero-order valence-electron chi connectivity index (χ0n) is 11.3. The van der Waals surface area contributed by atoms with Crippen LogP contribution < -0.4 is 4.90 Å². The third-order valence-corrected chi connectivity index (χ3v) is 4.20. The van der Waals surface area contributed by atoms with Crippen LogP contribution in [0.2, 0.25) is 10.2 Å². The number of aromatic nitrogens is 1. The first-order chi connectivity index (χ1) is 10.3. The van der Waals surface area contributed by atoms with Gasteiger partial charge in [-0.1, -0.05) is 23.2 Å². The van der Waals surface area contributed by atoms with Gasteiger partial charge in [0.2, 0.25) is 0 Å². The SMILES string of the molecule is FC(F)(F)c1ccc(N2CCc3cc(Cl)ncc3C2)cc1Cl. The summed E-state index contributed by atoms with van der Waals surface area (Å²) in [6.07, 6.45) is -1.98. The molecule has 0 bridgehead atoms. The third-order valence-electron chi connectivity index (χ3n) is 3.68. The number of nitrogens with zero attached hydrogens (tertiary/aromatic N) is 2. The number of anilines is 1. The Morgan fingerprint density at radius 1 is 1.09 bits per heavy atom. The lowest BCUT2D eigenvalue weighted by molar-refractivity contribution is -0.137. The highest BCUT2D eigenvalue weighted by Gasteiger charge is 2.33. The summed E-state index contributed by atoms with van der Waals surface area (Å²) in [5.41, 5.74) is 1.99. The van der Waals surface area contributed by atoms with Gasteiger partial charge in [0.05, 0.1) is 10.6 Å². The highest BCUT2D eigenvalue weighted by atomic mass is 35.5. The Balaban J connectivity index is 1.87. The van der Waals surface area contributed by atoms with Gasteiger partial charge in [-0.05, 0) is 41.8 Å². The molecule has 1 aromatic heterocycles. The van der Waals surface area contributed by atoms with E-state index in [0.29, 0.717) is 23.9 Å². The maximum absolute atomic E-state index is 12.7. The van der Waals surface area contributed by atoms with Crippen LogP contribution in [0.25, 0.3) is 0 Å². The molecule has 0 saturated carbocycles. The van der Waals surface area contributed by atoms with E-state index in [1.807, 2.05) is 11.0 Å². The van der Waals surface area contributed by atoms with Gasteiger partial charge in [-0.2, -0.15) is 13.2 Å². The Kier molecular flexibility index (Phi) is 3.95. The molecule has 1 aliphatic rings. The van der Waals surface area contributed by atoms with Gasteiger partial charge in [0, 0.05) is 25.0 Å². The molecule has 0 radical (unpaired) electrons. The predicted octanol–water partition coefficient (Wildman–Crippen LogP) is 4.97. The molecule has 1 aliphatic heterocycles. The molecule has 0 unspecified atom stereocenters. The molecule has 3 rings (SSSR count).